The van der Waals surface area contributed by atoms with Gasteiger partial charge in [0.2, 0.25) is 0 Å². The van der Waals surface area contributed by atoms with Gasteiger partial charge in [0, 0.05) is 22.0 Å². The number of carbonyl (C=O) groups excluding carboxylic acids is 1. The maximum atomic E-state index is 12.9. The smallest absolute Gasteiger partial charge is 0.261 e. The molecule has 6 heteroatoms. The molecule has 2 aromatic carbocycles. The molecule has 124 valence electrons. The van der Waals surface area contributed by atoms with Crippen LogP contribution in [0.5, 0.6) is 0 Å². The summed E-state index contributed by atoms with van der Waals surface area (Å²) in [5.41, 5.74) is 1.64. The monoisotopic (exact) mass is 370 g/mol. The second-order valence-corrected chi connectivity index (χ2v) is 6.99. The summed E-state index contributed by atoms with van der Waals surface area (Å²) < 4.78 is 13.9. The van der Waals surface area contributed by atoms with Gasteiger partial charge in [-0.2, -0.15) is 0 Å². The third kappa shape index (κ3) is 3.08. The third-order valence-corrected chi connectivity index (χ3v) is 5.37. The molecule has 0 fully saturated rings. The highest BCUT2D eigenvalue weighted by molar-refractivity contribution is 7.21. The summed E-state index contributed by atoms with van der Waals surface area (Å²) in [7, 11) is 0. The number of nitrogens with zero attached hydrogens (tertiary/aromatic N) is 1. The number of nitrogens with one attached hydrogen (secondary N) is 1. The number of carbonyl (C=O) groups is 1. The highest BCUT2D eigenvalue weighted by Crippen LogP contribution is 2.35. The number of aromatic nitrogens is 1. The van der Waals surface area contributed by atoms with Crippen molar-refractivity contribution >= 4 is 49.8 Å². The van der Waals surface area contributed by atoms with Crippen molar-refractivity contribution in [3.63, 3.8) is 0 Å². The largest absolute Gasteiger partial charge is 0.347 e. The van der Waals surface area contributed by atoms with Crippen molar-refractivity contribution in [1.29, 1.82) is 0 Å². The Kier molecular flexibility index (Phi) is 4.11. The van der Waals surface area contributed by atoms with Crippen molar-refractivity contribution < 1.29 is 9.18 Å². The van der Waals surface area contributed by atoms with Gasteiger partial charge in [0.25, 0.3) is 5.91 Å². The van der Waals surface area contributed by atoms with Crippen LogP contribution in [-0.2, 0) is 6.54 Å². The van der Waals surface area contributed by atoms with E-state index in [1.165, 1.54) is 23.5 Å². The summed E-state index contributed by atoms with van der Waals surface area (Å²) in [6.45, 7) is 0.333. The zero-order chi connectivity index (χ0) is 17.4. The fourth-order valence-electron chi connectivity index (χ4n) is 2.66. The lowest BCUT2D eigenvalue weighted by atomic mass is 10.2. The van der Waals surface area contributed by atoms with Crippen LogP contribution in [0.4, 0.5) is 4.39 Å². The van der Waals surface area contributed by atoms with Crippen LogP contribution in [0, 0.1) is 5.82 Å². The normalized spacial score (nSPS) is 11.1. The predicted octanol–water partition coefficient (Wildman–Crippen LogP) is 5.17. The van der Waals surface area contributed by atoms with Gasteiger partial charge in [0.15, 0.2) is 0 Å². The first-order valence-electron chi connectivity index (χ1n) is 7.62. The Morgan fingerprint density at radius 1 is 1.12 bits per heavy atom. The van der Waals surface area contributed by atoms with Crippen LogP contribution in [-0.4, -0.2) is 10.9 Å². The summed E-state index contributed by atoms with van der Waals surface area (Å²) >= 11 is 7.66. The Hall–Kier alpha value is -2.50. The zero-order valence-electron chi connectivity index (χ0n) is 12.9. The van der Waals surface area contributed by atoms with Crippen LogP contribution in [0.1, 0.15) is 15.2 Å². The number of halogens is 2. The van der Waals surface area contributed by atoms with E-state index in [0.29, 0.717) is 16.6 Å². The SMILES string of the molecule is O=C(NCc1ccc(F)cc1)c1cc2c(Cl)nc3ccccc3c2s1. The molecular weight excluding hydrogens is 359 g/mol. The minimum absolute atomic E-state index is 0.189. The molecule has 4 aromatic rings. The van der Waals surface area contributed by atoms with Crippen molar-refractivity contribution in [2.45, 2.75) is 6.54 Å². The van der Waals surface area contributed by atoms with E-state index in [2.05, 4.69) is 10.3 Å². The number of para-hydroxylation sites is 1. The number of hydrogen-bond acceptors (Lipinski definition) is 3. The second kappa shape index (κ2) is 6.43. The lowest BCUT2D eigenvalue weighted by Gasteiger charge is -2.03. The maximum Gasteiger partial charge on any atom is 0.261 e. The molecule has 25 heavy (non-hydrogen) atoms. The fraction of sp³-hybridized carbons (Fsp3) is 0.0526. The first-order chi connectivity index (χ1) is 12.1. The average Bonchev–Trinajstić information content (AvgIpc) is 3.07. The van der Waals surface area contributed by atoms with Crippen molar-refractivity contribution in [2.75, 3.05) is 0 Å². The number of fused-ring (bicyclic) bond motifs is 3. The molecule has 2 aromatic heterocycles. The molecule has 0 bridgehead atoms. The molecule has 0 aliphatic heterocycles. The van der Waals surface area contributed by atoms with E-state index < -0.39 is 0 Å². The molecule has 2 heterocycles. The molecule has 1 N–H and O–H groups in total. The Bertz CT molecular complexity index is 1090. The fourth-order valence-corrected chi connectivity index (χ4v) is 4.06. The minimum atomic E-state index is -0.298. The zero-order valence-corrected chi connectivity index (χ0v) is 14.5. The van der Waals surface area contributed by atoms with E-state index in [4.69, 9.17) is 11.6 Å². The van der Waals surface area contributed by atoms with Crippen molar-refractivity contribution in [2.24, 2.45) is 0 Å². The summed E-state index contributed by atoms with van der Waals surface area (Å²) in [4.78, 5) is 17.4. The van der Waals surface area contributed by atoms with Gasteiger partial charge in [-0.3, -0.25) is 4.79 Å². The standard InChI is InChI=1S/C19H12ClFN2OS/c20-18-14-9-16(19(24)22-10-11-5-7-12(21)8-6-11)25-17(14)13-3-1-2-4-15(13)23-18/h1-9H,10H2,(H,22,24). The lowest BCUT2D eigenvalue weighted by Crippen LogP contribution is -2.21. The summed E-state index contributed by atoms with van der Waals surface area (Å²) in [5.74, 6) is -0.487. The van der Waals surface area contributed by atoms with Crippen LogP contribution in [0.3, 0.4) is 0 Å². The Morgan fingerprint density at radius 2 is 1.88 bits per heavy atom. The van der Waals surface area contributed by atoms with Crippen molar-refractivity contribution in [3.05, 3.63) is 76.0 Å². The molecule has 0 saturated heterocycles. The van der Waals surface area contributed by atoms with Crippen LogP contribution in [0.15, 0.2) is 54.6 Å². The van der Waals surface area contributed by atoms with E-state index in [-0.39, 0.29) is 11.7 Å². The number of rotatable bonds is 3. The van der Waals surface area contributed by atoms with Crippen LogP contribution < -0.4 is 5.32 Å². The van der Waals surface area contributed by atoms with Gasteiger partial charge in [-0.1, -0.05) is 41.9 Å². The highest BCUT2D eigenvalue weighted by atomic mass is 35.5. The average molecular weight is 371 g/mol. The molecule has 0 saturated carbocycles. The minimum Gasteiger partial charge on any atom is -0.347 e. The van der Waals surface area contributed by atoms with Gasteiger partial charge in [-0.15, -0.1) is 11.3 Å². The van der Waals surface area contributed by atoms with E-state index in [0.717, 1.165) is 26.6 Å². The highest BCUT2D eigenvalue weighted by Gasteiger charge is 2.15. The van der Waals surface area contributed by atoms with E-state index in [1.807, 2.05) is 24.3 Å². The van der Waals surface area contributed by atoms with Crippen LogP contribution >= 0.6 is 22.9 Å². The molecular formula is C19H12ClFN2OS. The third-order valence-electron chi connectivity index (χ3n) is 3.91. The van der Waals surface area contributed by atoms with Gasteiger partial charge in [-0.05, 0) is 29.8 Å². The Morgan fingerprint density at radius 3 is 2.68 bits per heavy atom. The molecule has 0 atom stereocenters. The van der Waals surface area contributed by atoms with Gasteiger partial charge < -0.3 is 5.32 Å². The predicted molar refractivity (Wildman–Crippen MR) is 99.7 cm³/mol. The van der Waals surface area contributed by atoms with Gasteiger partial charge >= 0.3 is 0 Å². The summed E-state index contributed by atoms with van der Waals surface area (Å²) in [5, 5.41) is 4.99. The number of hydrogen-bond donors (Lipinski definition) is 1. The quantitative estimate of drug-likeness (QED) is 0.505. The number of pyridine rings is 1. The molecule has 0 unspecified atom stereocenters. The summed E-state index contributed by atoms with van der Waals surface area (Å²) in [6, 6.07) is 15.5. The van der Waals surface area contributed by atoms with Crippen LogP contribution in [0.2, 0.25) is 5.15 Å². The van der Waals surface area contributed by atoms with E-state index in [1.54, 1.807) is 18.2 Å². The number of thiophene rings is 1. The molecule has 0 aliphatic carbocycles. The second-order valence-electron chi connectivity index (χ2n) is 5.58. The van der Waals surface area contributed by atoms with Crippen molar-refractivity contribution in [1.82, 2.24) is 10.3 Å². The first kappa shape index (κ1) is 16.0. The Balaban J connectivity index is 1.64. The van der Waals surface area contributed by atoms with Gasteiger partial charge in [-0.25, -0.2) is 9.37 Å². The molecule has 1 amide bonds. The van der Waals surface area contributed by atoms with Gasteiger partial charge in [0.1, 0.15) is 11.0 Å². The molecule has 0 radical (unpaired) electrons. The van der Waals surface area contributed by atoms with E-state index in [9.17, 15) is 9.18 Å². The Labute approximate surface area is 152 Å². The van der Waals surface area contributed by atoms with Gasteiger partial charge in [0.05, 0.1) is 10.4 Å². The van der Waals surface area contributed by atoms with Crippen LogP contribution in [0.25, 0.3) is 21.0 Å². The lowest BCUT2D eigenvalue weighted by molar-refractivity contribution is 0.0955. The first-order valence-corrected chi connectivity index (χ1v) is 8.82. The molecule has 3 nitrogen and oxygen atoms in total. The van der Waals surface area contributed by atoms with E-state index >= 15 is 0 Å². The number of benzene rings is 2. The molecule has 0 spiro atoms. The summed E-state index contributed by atoms with van der Waals surface area (Å²) in [6.07, 6.45) is 0. The maximum absolute atomic E-state index is 12.9. The molecule has 4 rings (SSSR count). The number of amides is 1. The molecule has 0 aliphatic rings. The van der Waals surface area contributed by atoms with Crippen molar-refractivity contribution in [3.8, 4) is 0 Å². The topological polar surface area (TPSA) is 42.0 Å².